The fourth-order valence-corrected chi connectivity index (χ4v) is 1.19. The van der Waals surface area contributed by atoms with Crippen LogP contribution < -0.4 is 4.18 Å². The van der Waals surface area contributed by atoms with Gasteiger partial charge in [-0.05, 0) is 18.6 Å². The molecule has 0 aliphatic carbocycles. The number of nitro benzene ring substituents is 1. The van der Waals surface area contributed by atoms with Crippen molar-refractivity contribution < 1.29 is 17.9 Å². The Labute approximate surface area is 82.1 Å². The Balaban J connectivity index is 3.08. The average molecular weight is 216 g/mol. The van der Waals surface area contributed by atoms with Gasteiger partial charge in [0, 0.05) is 6.07 Å². The largest absolute Gasteiger partial charge is 0.740 e. The first-order valence-corrected chi connectivity index (χ1v) is 4.53. The van der Waals surface area contributed by atoms with Crippen molar-refractivity contribution in [3.05, 3.63) is 33.9 Å². The Morgan fingerprint density at radius 3 is 2.64 bits per heavy atom. The maximum atomic E-state index is 10.3. The first-order valence-electron chi connectivity index (χ1n) is 3.53. The number of benzene rings is 1. The van der Waals surface area contributed by atoms with Crippen LogP contribution in [0.1, 0.15) is 5.56 Å². The molecule has 1 unspecified atom stereocenters. The highest BCUT2D eigenvalue weighted by atomic mass is 32.2. The standard InChI is InChI=1S/C7H7NO5S/c1-5-2-3-6(8(9)10)4-7(5)13-14(11)12/h2-4H,1H3,(H,11,12)/p-1. The molecule has 1 rings (SSSR count). The lowest BCUT2D eigenvalue weighted by atomic mass is 10.2. The van der Waals surface area contributed by atoms with Crippen LogP contribution in [0.5, 0.6) is 5.75 Å². The van der Waals surface area contributed by atoms with Crippen molar-refractivity contribution in [2.24, 2.45) is 0 Å². The van der Waals surface area contributed by atoms with Crippen LogP contribution in [0.15, 0.2) is 18.2 Å². The molecule has 7 heteroatoms. The lowest BCUT2D eigenvalue weighted by Gasteiger charge is -2.08. The molecule has 0 heterocycles. The maximum absolute atomic E-state index is 10.3. The van der Waals surface area contributed by atoms with Gasteiger partial charge in [-0.2, -0.15) is 0 Å². The third kappa shape index (κ3) is 2.51. The number of nitro groups is 1. The van der Waals surface area contributed by atoms with E-state index in [1.165, 1.54) is 12.1 Å². The zero-order chi connectivity index (χ0) is 10.7. The van der Waals surface area contributed by atoms with Crippen LogP contribution in [0.25, 0.3) is 0 Å². The predicted octanol–water partition coefficient (Wildman–Crippen LogP) is 1.08. The highest BCUT2D eigenvalue weighted by Crippen LogP contribution is 2.24. The van der Waals surface area contributed by atoms with Gasteiger partial charge in [-0.3, -0.25) is 10.1 Å². The monoisotopic (exact) mass is 216 g/mol. The summed E-state index contributed by atoms with van der Waals surface area (Å²) in [4.78, 5) is 9.72. The van der Waals surface area contributed by atoms with Crippen molar-refractivity contribution in [1.82, 2.24) is 0 Å². The molecule has 6 nitrogen and oxygen atoms in total. The lowest BCUT2D eigenvalue weighted by molar-refractivity contribution is -0.384. The van der Waals surface area contributed by atoms with Gasteiger partial charge in [0.05, 0.1) is 11.0 Å². The smallest absolute Gasteiger partial charge is 0.273 e. The van der Waals surface area contributed by atoms with Crippen LogP contribution in [0.3, 0.4) is 0 Å². The SMILES string of the molecule is Cc1ccc([N+](=O)[O-])cc1OS(=O)[O-]. The van der Waals surface area contributed by atoms with Crippen molar-refractivity contribution >= 4 is 17.0 Å². The third-order valence-electron chi connectivity index (χ3n) is 1.54. The fourth-order valence-electron chi connectivity index (χ4n) is 0.865. The molecule has 0 spiro atoms. The minimum Gasteiger partial charge on any atom is -0.740 e. The molecule has 1 atom stereocenters. The number of rotatable bonds is 3. The summed E-state index contributed by atoms with van der Waals surface area (Å²) in [5.41, 5.74) is 0.302. The van der Waals surface area contributed by atoms with Crippen LogP contribution in [-0.2, 0) is 11.4 Å². The van der Waals surface area contributed by atoms with Gasteiger partial charge in [-0.1, -0.05) is 0 Å². The van der Waals surface area contributed by atoms with E-state index in [2.05, 4.69) is 4.18 Å². The van der Waals surface area contributed by atoms with Crippen LogP contribution in [0.4, 0.5) is 5.69 Å². The second-order valence-electron chi connectivity index (χ2n) is 2.49. The molecule has 0 saturated heterocycles. The van der Waals surface area contributed by atoms with E-state index in [4.69, 9.17) is 0 Å². The Morgan fingerprint density at radius 2 is 2.14 bits per heavy atom. The van der Waals surface area contributed by atoms with E-state index >= 15 is 0 Å². The van der Waals surface area contributed by atoms with Gasteiger partial charge < -0.3 is 8.74 Å². The molecule has 0 aliphatic heterocycles. The van der Waals surface area contributed by atoms with Crippen molar-refractivity contribution in [1.29, 1.82) is 0 Å². The van der Waals surface area contributed by atoms with Crippen molar-refractivity contribution in [2.45, 2.75) is 6.92 Å². The number of hydrogen-bond acceptors (Lipinski definition) is 5. The van der Waals surface area contributed by atoms with Crippen LogP contribution in [0.2, 0.25) is 0 Å². The van der Waals surface area contributed by atoms with Gasteiger partial charge in [0.1, 0.15) is 17.1 Å². The molecule has 0 aromatic heterocycles. The Hall–Kier alpha value is -1.47. The molecule has 1 aromatic rings. The van der Waals surface area contributed by atoms with E-state index < -0.39 is 16.3 Å². The second kappa shape index (κ2) is 4.16. The highest BCUT2D eigenvalue weighted by molar-refractivity contribution is 7.74. The zero-order valence-electron chi connectivity index (χ0n) is 7.13. The maximum Gasteiger partial charge on any atom is 0.273 e. The van der Waals surface area contributed by atoms with E-state index in [0.717, 1.165) is 6.07 Å². The third-order valence-corrected chi connectivity index (χ3v) is 1.86. The van der Waals surface area contributed by atoms with Crippen LogP contribution >= 0.6 is 0 Å². The van der Waals surface area contributed by atoms with Crippen LogP contribution in [-0.4, -0.2) is 13.7 Å². The Kier molecular flexibility index (Phi) is 3.15. The lowest BCUT2D eigenvalue weighted by Crippen LogP contribution is -2.00. The minimum absolute atomic E-state index is 0.0347. The van der Waals surface area contributed by atoms with E-state index in [0.29, 0.717) is 5.56 Å². The topological polar surface area (TPSA) is 92.5 Å². The normalized spacial score (nSPS) is 12.1. The number of aryl methyl sites for hydroxylation is 1. The summed E-state index contributed by atoms with van der Waals surface area (Å²) in [6.07, 6.45) is 0. The quantitative estimate of drug-likeness (QED) is 0.428. The van der Waals surface area contributed by atoms with E-state index in [1.807, 2.05) is 0 Å². The van der Waals surface area contributed by atoms with E-state index in [1.54, 1.807) is 6.92 Å². The molecule has 0 bridgehead atoms. The molecular formula is C7H6NO5S-. The Morgan fingerprint density at radius 1 is 1.50 bits per heavy atom. The summed E-state index contributed by atoms with van der Waals surface area (Å²) in [5, 5.41) is 10.3. The molecular weight excluding hydrogens is 210 g/mol. The molecule has 76 valence electrons. The van der Waals surface area contributed by atoms with E-state index in [-0.39, 0.29) is 11.4 Å². The van der Waals surface area contributed by atoms with Crippen molar-refractivity contribution in [2.75, 3.05) is 0 Å². The summed E-state index contributed by atoms with van der Waals surface area (Å²) in [6.45, 7) is 1.59. The summed E-state index contributed by atoms with van der Waals surface area (Å²) >= 11 is -2.72. The van der Waals surface area contributed by atoms with Crippen molar-refractivity contribution in [3.8, 4) is 5.75 Å². The van der Waals surface area contributed by atoms with Gasteiger partial charge in [0.25, 0.3) is 5.69 Å². The molecule has 0 saturated carbocycles. The molecule has 0 fully saturated rings. The predicted molar refractivity (Wildman–Crippen MR) is 47.4 cm³/mol. The molecule has 0 radical (unpaired) electrons. The first-order chi connectivity index (χ1) is 6.50. The van der Waals surface area contributed by atoms with E-state index in [9.17, 15) is 18.9 Å². The number of non-ortho nitro benzene ring substituents is 1. The van der Waals surface area contributed by atoms with Gasteiger partial charge in [-0.15, -0.1) is 0 Å². The molecule has 1 aromatic carbocycles. The van der Waals surface area contributed by atoms with Crippen molar-refractivity contribution in [3.63, 3.8) is 0 Å². The molecule has 0 amide bonds. The number of nitrogens with zero attached hydrogens (tertiary/aromatic N) is 1. The molecule has 0 aliphatic rings. The minimum atomic E-state index is -2.72. The summed E-state index contributed by atoms with van der Waals surface area (Å²) in [7, 11) is 0. The Bertz CT molecular complexity index is 392. The fraction of sp³-hybridized carbons (Fsp3) is 0.143. The summed E-state index contributed by atoms with van der Waals surface area (Å²) in [5.74, 6) is -0.0347. The van der Waals surface area contributed by atoms with Gasteiger partial charge in [0.15, 0.2) is 0 Å². The van der Waals surface area contributed by atoms with Gasteiger partial charge >= 0.3 is 0 Å². The summed E-state index contributed by atoms with van der Waals surface area (Å²) < 4.78 is 24.8. The molecule has 0 N–H and O–H groups in total. The van der Waals surface area contributed by atoms with Gasteiger partial charge in [-0.25, -0.2) is 4.21 Å². The number of hydrogen-bond donors (Lipinski definition) is 0. The second-order valence-corrected chi connectivity index (χ2v) is 3.07. The zero-order valence-corrected chi connectivity index (χ0v) is 7.95. The molecule has 14 heavy (non-hydrogen) atoms. The van der Waals surface area contributed by atoms with Gasteiger partial charge in [0.2, 0.25) is 0 Å². The average Bonchev–Trinajstić information content (AvgIpc) is 2.07. The highest BCUT2D eigenvalue weighted by Gasteiger charge is 2.09. The van der Waals surface area contributed by atoms with Crippen LogP contribution in [0, 0.1) is 17.0 Å². The first kappa shape index (κ1) is 10.6. The summed E-state index contributed by atoms with van der Waals surface area (Å²) in [6, 6.07) is 3.75.